The zero-order valence-corrected chi connectivity index (χ0v) is 10.8. The molecule has 0 aliphatic heterocycles. The fraction of sp³-hybridized carbons (Fsp3) is 0.571. The average Bonchev–Trinajstić information content (AvgIpc) is 2.38. The Morgan fingerprint density at radius 2 is 2.18 bits per heavy atom. The Kier molecular flexibility index (Phi) is 6.48. The molecular formula is C14H23NO2. The van der Waals surface area contributed by atoms with E-state index in [2.05, 4.69) is 12.2 Å². The van der Waals surface area contributed by atoms with Gasteiger partial charge < -0.3 is 15.2 Å². The zero-order chi connectivity index (χ0) is 12.5. The number of nitrogens with one attached hydrogen (secondary N) is 1. The van der Waals surface area contributed by atoms with Gasteiger partial charge >= 0.3 is 0 Å². The van der Waals surface area contributed by atoms with Crippen LogP contribution in [0.1, 0.15) is 32.6 Å². The van der Waals surface area contributed by atoms with E-state index in [0.717, 1.165) is 24.3 Å². The van der Waals surface area contributed by atoms with Crippen molar-refractivity contribution in [3.05, 3.63) is 24.3 Å². The molecule has 0 fully saturated rings. The molecule has 0 aliphatic rings. The Balaban J connectivity index is 2.48. The largest absolute Gasteiger partial charge is 0.497 e. The third-order valence-electron chi connectivity index (χ3n) is 2.82. The van der Waals surface area contributed by atoms with E-state index < -0.39 is 0 Å². The fourth-order valence-corrected chi connectivity index (χ4v) is 1.80. The molecule has 1 aromatic carbocycles. The maximum atomic E-state index is 9.32. The van der Waals surface area contributed by atoms with Crippen LogP contribution in [0, 0.1) is 0 Å². The summed E-state index contributed by atoms with van der Waals surface area (Å²) in [7, 11) is 1.66. The van der Waals surface area contributed by atoms with E-state index in [1.807, 2.05) is 24.3 Å². The van der Waals surface area contributed by atoms with Gasteiger partial charge in [0.05, 0.1) is 13.7 Å². The van der Waals surface area contributed by atoms with Gasteiger partial charge in [0, 0.05) is 17.8 Å². The molecule has 0 heterocycles. The highest BCUT2D eigenvalue weighted by atomic mass is 16.5. The van der Waals surface area contributed by atoms with Gasteiger partial charge in [0.2, 0.25) is 0 Å². The quantitative estimate of drug-likeness (QED) is 0.683. The number of aliphatic hydroxyl groups is 1. The Hall–Kier alpha value is -1.22. The molecule has 0 spiro atoms. The predicted octanol–water partition coefficient (Wildman–Crippen LogP) is 3.05. The smallest absolute Gasteiger partial charge is 0.120 e. The molecule has 1 rings (SSSR count). The van der Waals surface area contributed by atoms with Crippen LogP contribution in [-0.2, 0) is 0 Å². The molecule has 0 saturated carbocycles. The van der Waals surface area contributed by atoms with Crippen molar-refractivity contribution in [3.63, 3.8) is 0 Å². The number of anilines is 1. The molecule has 96 valence electrons. The van der Waals surface area contributed by atoms with E-state index in [-0.39, 0.29) is 12.6 Å². The number of unbranched alkanes of at least 4 members (excludes halogenated alkanes) is 2. The summed E-state index contributed by atoms with van der Waals surface area (Å²) in [6.45, 7) is 2.35. The molecule has 1 aromatic rings. The van der Waals surface area contributed by atoms with Gasteiger partial charge in [0.1, 0.15) is 5.75 Å². The minimum Gasteiger partial charge on any atom is -0.497 e. The van der Waals surface area contributed by atoms with Crippen LogP contribution >= 0.6 is 0 Å². The van der Waals surface area contributed by atoms with Gasteiger partial charge in [-0.05, 0) is 18.6 Å². The molecule has 0 saturated heterocycles. The Morgan fingerprint density at radius 1 is 1.35 bits per heavy atom. The molecule has 1 atom stereocenters. The highest BCUT2D eigenvalue weighted by Crippen LogP contribution is 2.18. The number of ether oxygens (including phenoxy) is 1. The number of hydrogen-bond acceptors (Lipinski definition) is 3. The van der Waals surface area contributed by atoms with E-state index in [1.165, 1.54) is 12.8 Å². The third kappa shape index (κ3) is 5.09. The Morgan fingerprint density at radius 3 is 2.82 bits per heavy atom. The molecule has 0 bridgehead atoms. The molecule has 17 heavy (non-hydrogen) atoms. The maximum Gasteiger partial charge on any atom is 0.120 e. The first-order chi connectivity index (χ1) is 8.30. The summed E-state index contributed by atoms with van der Waals surface area (Å²) in [5.41, 5.74) is 1.000. The van der Waals surface area contributed by atoms with Crippen LogP contribution in [0.2, 0.25) is 0 Å². The van der Waals surface area contributed by atoms with Crippen LogP contribution in [-0.4, -0.2) is 24.9 Å². The number of hydrogen-bond donors (Lipinski definition) is 2. The van der Waals surface area contributed by atoms with Gasteiger partial charge in [0.15, 0.2) is 0 Å². The van der Waals surface area contributed by atoms with Gasteiger partial charge in [-0.25, -0.2) is 0 Å². The van der Waals surface area contributed by atoms with Gasteiger partial charge in [-0.1, -0.05) is 32.3 Å². The second-order valence-electron chi connectivity index (χ2n) is 4.25. The van der Waals surface area contributed by atoms with Crippen molar-refractivity contribution in [1.82, 2.24) is 0 Å². The topological polar surface area (TPSA) is 41.5 Å². The molecule has 0 aromatic heterocycles. The van der Waals surface area contributed by atoms with Gasteiger partial charge in [-0.3, -0.25) is 0 Å². The third-order valence-corrected chi connectivity index (χ3v) is 2.82. The molecule has 0 radical (unpaired) electrons. The molecular weight excluding hydrogens is 214 g/mol. The standard InChI is InChI=1S/C14H23NO2/c1-3-4-5-7-13(11-16)15-12-8-6-9-14(10-12)17-2/h6,8-10,13,15-16H,3-5,7,11H2,1-2H3. The van der Waals surface area contributed by atoms with Crippen molar-refractivity contribution >= 4 is 5.69 Å². The van der Waals surface area contributed by atoms with Gasteiger partial charge in [0.25, 0.3) is 0 Å². The number of benzene rings is 1. The first kappa shape index (κ1) is 13.8. The lowest BCUT2D eigenvalue weighted by Gasteiger charge is -2.17. The van der Waals surface area contributed by atoms with Crippen LogP contribution in [0.5, 0.6) is 5.75 Å². The zero-order valence-electron chi connectivity index (χ0n) is 10.8. The van der Waals surface area contributed by atoms with E-state index in [1.54, 1.807) is 7.11 Å². The first-order valence-corrected chi connectivity index (χ1v) is 6.31. The maximum absolute atomic E-state index is 9.32. The van der Waals surface area contributed by atoms with Gasteiger partial charge in [-0.15, -0.1) is 0 Å². The van der Waals surface area contributed by atoms with Crippen molar-refractivity contribution in [1.29, 1.82) is 0 Å². The van der Waals surface area contributed by atoms with Crippen LogP contribution in [0.25, 0.3) is 0 Å². The minimum absolute atomic E-state index is 0.133. The predicted molar refractivity (Wildman–Crippen MR) is 71.6 cm³/mol. The number of methoxy groups -OCH3 is 1. The van der Waals surface area contributed by atoms with Gasteiger partial charge in [-0.2, -0.15) is 0 Å². The highest BCUT2D eigenvalue weighted by molar-refractivity contribution is 5.48. The Bertz CT molecular complexity index is 315. The molecule has 2 N–H and O–H groups in total. The summed E-state index contributed by atoms with van der Waals surface area (Å²) in [4.78, 5) is 0. The molecule has 1 unspecified atom stereocenters. The van der Waals surface area contributed by atoms with Crippen LogP contribution < -0.4 is 10.1 Å². The van der Waals surface area contributed by atoms with Crippen molar-refractivity contribution < 1.29 is 9.84 Å². The lowest BCUT2D eigenvalue weighted by atomic mass is 10.1. The summed E-state index contributed by atoms with van der Waals surface area (Å²) in [5, 5.41) is 12.7. The normalized spacial score (nSPS) is 12.2. The van der Waals surface area contributed by atoms with E-state index in [9.17, 15) is 5.11 Å². The van der Waals surface area contributed by atoms with Crippen molar-refractivity contribution in [2.45, 2.75) is 38.6 Å². The van der Waals surface area contributed by atoms with Crippen LogP contribution in [0.4, 0.5) is 5.69 Å². The van der Waals surface area contributed by atoms with E-state index >= 15 is 0 Å². The number of aliphatic hydroxyl groups excluding tert-OH is 1. The lowest BCUT2D eigenvalue weighted by molar-refractivity contribution is 0.266. The average molecular weight is 237 g/mol. The summed E-state index contributed by atoms with van der Waals surface area (Å²) in [5.74, 6) is 0.834. The second-order valence-corrected chi connectivity index (χ2v) is 4.25. The highest BCUT2D eigenvalue weighted by Gasteiger charge is 2.06. The molecule has 3 nitrogen and oxygen atoms in total. The summed E-state index contributed by atoms with van der Waals surface area (Å²) in [6, 6.07) is 7.93. The van der Waals surface area contributed by atoms with Crippen molar-refractivity contribution in [2.24, 2.45) is 0 Å². The molecule has 0 amide bonds. The molecule has 3 heteroatoms. The minimum atomic E-state index is 0.133. The fourth-order valence-electron chi connectivity index (χ4n) is 1.80. The summed E-state index contributed by atoms with van der Waals surface area (Å²) >= 11 is 0. The first-order valence-electron chi connectivity index (χ1n) is 6.31. The van der Waals surface area contributed by atoms with Crippen molar-refractivity contribution in [3.8, 4) is 5.75 Å². The van der Waals surface area contributed by atoms with E-state index in [0.29, 0.717) is 0 Å². The summed E-state index contributed by atoms with van der Waals surface area (Å²) in [6.07, 6.45) is 4.58. The number of rotatable bonds is 8. The SMILES string of the molecule is CCCCCC(CO)Nc1cccc(OC)c1. The van der Waals surface area contributed by atoms with Crippen LogP contribution in [0.3, 0.4) is 0 Å². The summed E-state index contributed by atoms with van der Waals surface area (Å²) < 4.78 is 5.17. The monoisotopic (exact) mass is 237 g/mol. The van der Waals surface area contributed by atoms with Crippen molar-refractivity contribution in [2.75, 3.05) is 19.0 Å². The lowest BCUT2D eigenvalue weighted by Crippen LogP contribution is -2.23. The molecule has 0 aliphatic carbocycles. The Labute approximate surface area is 104 Å². The van der Waals surface area contributed by atoms with E-state index in [4.69, 9.17) is 4.74 Å². The second kappa shape index (κ2) is 7.96. The van der Waals surface area contributed by atoms with Crippen LogP contribution in [0.15, 0.2) is 24.3 Å².